The van der Waals surface area contributed by atoms with Gasteiger partial charge < -0.3 is 14.9 Å². The topological polar surface area (TPSA) is 87.5 Å². The molecule has 9 heteroatoms. The minimum absolute atomic E-state index is 0.373. The van der Waals surface area contributed by atoms with Gasteiger partial charge in [0.25, 0.3) is 5.56 Å². The predicted octanol–water partition coefficient (Wildman–Crippen LogP) is 0.0238. The highest BCUT2D eigenvalue weighted by atomic mass is 32.1. The van der Waals surface area contributed by atoms with Gasteiger partial charge in [0.1, 0.15) is 12.2 Å². The normalized spacial score (nSPS) is 37.0. The number of ether oxygens (including phenoxy) is 1. The molecule has 1 aromatic heterocycles. The Morgan fingerprint density at radius 1 is 1.79 bits per heavy atom. The van der Waals surface area contributed by atoms with E-state index in [9.17, 15) is 23.8 Å². The van der Waals surface area contributed by atoms with Crippen LogP contribution < -0.4 is 5.56 Å². The molecule has 4 atom stereocenters. The Labute approximate surface area is 114 Å². The minimum atomic E-state index is -3.02. The first-order valence-corrected chi connectivity index (χ1v) is 5.63. The highest BCUT2D eigenvalue weighted by Gasteiger charge is 2.54. The Kier molecular flexibility index (Phi) is 2.91. The van der Waals surface area contributed by atoms with Crippen molar-refractivity contribution < 1.29 is 26.5 Å². The van der Waals surface area contributed by atoms with Gasteiger partial charge >= 0.3 is 0 Å². The number of aromatic amines is 1. The zero-order valence-electron chi connectivity index (χ0n) is 11.6. The van der Waals surface area contributed by atoms with Gasteiger partial charge in [-0.1, -0.05) is 0 Å². The van der Waals surface area contributed by atoms with Gasteiger partial charge in [0.05, 0.1) is 15.5 Å². The minimum Gasteiger partial charge on any atom is -0.394 e. The van der Waals surface area contributed by atoms with Gasteiger partial charge in [-0.25, -0.2) is 4.39 Å². The summed E-state index contributed by atoms with van der Waals surface area (Å²) < 4.78 is 47.5. The summed E-state index contributed by atoms with van der Waals surface area (Å²) in [4.78, 5) is 13.0. The molecule has 1 aromatic rings. The summed E-state index contributed by atoms with van der Waals surface area (Å²) in [5.41, 5.74) is -3.69. The second-order valence-electron chi connectivity index (χ2n) is 4.28. The van der Waals surface area contributed by atoms with Gasteiger partial charge in [0, 0.05) is 0 Å². The maximum atomic E-state index is 14.6. The number of halogens is 2. The number of hydrogen-bond acceptors (Lipinski definition) is 5. The Morgan fingerprint density at radius 3 is 2.95 bits per heavy atom. The van der Waals surface area contributed by atoms with Crippen molar-refractivity contribution in [1.29, 1.82) is 0 Å². The first-order valence-electron chi connectivity index (χ1n) is 6.22. The molecule has 1 fully saturated rings. The number of aliphatic hydroxyl groups excluding tert-OH is 1. The van der Waals surface area contributed by atoms with Crippen LogP contribution >= 0.6 is 12.2 Å². The van der Waals surface area contributed by atoms with E-state index in [1.54, 1.807) is 0 Å². The van der Waals surface area contributed by atoms with Crippen molar-refractivity contribution in [3.05, 3.63) is 27.1 Å². The molecule has 3 N–H and O–H groups in total. The van der Waals surface area contributed by atoms with Crippen LogP contribution in [0, 0.1) is 10.6 Å². The number of rotatable bonds is 2. The van der Waals surface area contributed by atoms with E-state index in [0.717, 1.165) is 6.92 Å². The summed E-state index contributed by atoms with van der Waals surface area (Å²) in [5, 5.41) is 19.1. The molecule has 0 aliphatic carbocycles. The van der Waals surface area contributed by atoms with Crippen molar-refractivity contribution in [2.75, 3.05) is 6.56 Å². The van der Waals surface area contributed by atoms with Crippen molar-refractivity contribution >= 4 is 12.2 Å². The second-order valence-corrected chi connectivity index (χ2v) is 4.66. The smallest absolute Gasteiger partial charge is 0.287 e. The zero-order valence-corrected chi connectivity index (χ0v) is 10.4. The molecular formula is C10H12F2N2O4S. The molecule has 1 aliphatic rings. The highest BCUT2D eigenvalue weighted by molar-refractivity contribution is 7.71. The Morgan fingerprint density at radius 2 is 2.42 bits per heavy atom. The monoisotopic (exact) mass is 296 g/mol. The third-order valence-corrected chi connectivity index (χ3v) is 3.24. The summed E-state index contributed by atoms with van der Waals surface area (Å²) in [5.74, 6) is -1.26. The van der Waals surface area contributed by atoms with E-state index in [0.29, 0.717) is 10.8 Å². The lowest BCUT2D eigenvalue weighted by Gasteiger charge is -2.25. The Balaban J connectivity index is 2.53. The lowest BCUT2D eigenvalue weighted by atomic mass is 9.98. The molecule has 1 saturated heterocycles. The quantitative estimate of drug-likeness (QED) is 0.670. The summed E-state index contributed by atoms with van der Waals surface area (Å²) in [7, 11) is 0. The fraction of sp³-hybridized carbons (Fsp3) is 0.600. The van der Waals surface area contributed by atoms with Crippen molar-refractivity contribution in [3.8, 4) is 0 Å². The van der Waals surface area contributed by atoms with Crippen LogP contribution in [0.1, 0.15) is 15.9 Å². The molecule has 1 unspecified atom stereocenters. The van der Waals surface area contributed by atoms with Gasteiger partial charge in [-0.3, -0.25) is 14.3 Å². The molecule has 0 saturated carbocycles. The molecule has 2 heterocycles. The standard InChI is InChI=1S/C10H12F2N2O4S/c1-10(12)6(16)5(3-15)18-8(10)14-2-4(11)7(17)13-9(14)19/h2,5-6,8,15-16H,3H2,1H3,(H,13,17,19)/t5-,6+,8-,10?/m1/s1/i3D2. The first kappa shape index (κ1) is 11.6. The number of H-pyrrole nitrogens is 1. The highest BCUT2D eigenvalue weighted by Crippen LogP contribution is 2.41. The molecule has 0 spiro atoms. The van der Waals surface area contributed by atoms with Crippen molar-refractivity contribution in [3.63, 3.8) is 0 Å². The maximum absolute atomic E-state index is 14.6. The van der Waals surface area contributed by atoms with Gasteiger partial charge in [0.2, 0.25) is 5.82 Å². The number of nitrogens with zero attached hydrogens (tertiary/aromatic N) is 1. The first-order chi connectivity index (χ1) is 9.46. The number of nitrogens with one attached hydrogen (secondary N) is 1. The second kappa shape index (κ2) is 4.75. The molecular weight excluding hydrogens is 282 g/mol. The predicted molar refractivity (Wildman–Crippen MR) is 62.4 cm³/mol. The molecule has 0 aromatic carbocycles. The summed E-state index contributed by atoms with van der Waals surface area (Å²) in [6, 6.07) is 0. The van der Waals surface area contributed by atoms with E-state index in [2.05, 4.69) is 0 Å². The van der Waals surface area contributed by atoms with E-state index in [4.69, 9.17) is 19.7 Å². The number of alkyl halides is 1. The van der Waals surface area contributed by atoms with Gasteiger partial charge in [0.15, 0.2) is 16.7 Å². The molecule has 6 nitrogen and oxygen atoms in total. The van der Waals surface area contributed by atoms with Crippen LogP contribution in [-0.2, 0) is 4.74 Å². The van der Waals surface area contributed by atoms with Crippen molar-refractivity contribution in [2.45, 2.75) is 31.0 Å². The maximum Gasteiger partial charge on any atom is 0.287 e. The fourth-order valence-corrected chi connectivity index (χ4v) is 2.10. The zero-order chi connectivity index (χ0) is 16.2. The van der Waals surface area contributed by atoms with Crippen LogP contribution in [0.15, 0.2) is 11.0 Å². The number of aromatic nitrogens is 2. The summed E-state index contributed by atoms with van der Waals surface area (Å²) in [6.45, 7) is -2.14. The van der Waals surface area contributed by atoms with Gasteiger partial charge in [-0.2, -0.15) is 4.39 Å². The molecule has 0 bridgehead atoms. The SMILES string of the molecule is [2H]C([2H])(O)[C@H]1O[C@@H](n2cc(F)c(=O)[nH]c2=S)C(C)(F)[C@H]1O. The van der Waals surface area contributed by atoms with Crippen LogP contribution in [-0.4, -0.2) is 44.2 Å². The lowest BCUT2D eigenvalue weighted by Crippen LogP contribution is -2.41. The van der Waals surface area contributed by atoms with Crippen LogP contribution in [0.25, 0.3) is 0 Å². The van der Waals surface area contributed by atoms with Crippen LogP contribution in [0.5, 0.6) is 0 Å². The van der Waals surface area contributed by atoms with Crippen molar-refractivity contribution in [2.24, 2.45) is 0 Å². The molecule has 0 radical (unpaired) electrons. The Hall–Kier alpha value is -1.16. The van der Waals surface area contributed by atoms with Gasteiger partial charge in [-0.15, -0.1) is 0 Å². The number of aliphatic hydroxyl groups is 2. The molecule has 106 valence electrons. The number of hydrogen-bond donors (Lipinski definition) is 3. The van der Waals surface area contributed by atoms with Crippen LogP contribution in [0.3, 0.4) is 0 Å². The lowest BCUT2D eigenvalue weighted by molar-refractivity contribution is -0.0606. The average molecular weight is 296 g/mol. The van der Waals surface area contributed by atoms with E-state index in [1.807, 2.05) is 4.98 Å². The van der Waals surface area contributed by atoms with Crippen LogP contribution in [0.4, 0.5) is 8.78 Å². The third kappa shape index (κ3) is 2.22. The molecule has 2 rings (SSSR count). The van der Waals surface area contributed by atoms with Gasteiger partial charge in [-0.05, 0) is 19.1 Å². The summed E-state index contributed by atoms with van der Waals surface area (Å²) in [6.07, 6.45) is -5.07. The van der Waals surface area contributed by atoms with Crippen LogP contribution in [0.2, 0.25) is 0 Å². The average Bonchev–Trinajstić information content (AvgIpc) is 2.56. The molecule has 0 amide bonds. The molecule has 1 aliphatic heterocycles. The molecule has 19 heavy (non-hydrogen) atoms. The van der Waals surface area contributed by atoms with Crippen molar-refractivity contribution in [1.82, 2.24) is 9.55 Å². The fourth-order valence-electron chi connectivity index (χ4n) is 1.86. The van der Waals surface area contributed by atoms with E-state index in [-0.39, 0.29) is 4.77 Å². The Bertz CT molecular complexity index is 672. The van der Waals surface area contributed by atoms with E-state index < -0.39 is 42.0 Å². The largest absolute Gasteiger partial charge is 0.394 e. The van der Waals surface area contributed by atoms with E-state index in [1.165, 1.54) is 0 Å². The summed E-state index contributed by atoms with van der Waals surface area (Å²) >= 11 is 4.77. The third-order valence-electron chi connectivity index (χ3n) is 2.93. The van der Waals surface area contributed by atoms with E-state index >= 15 is 0 Å².